The first kappa shape index (κ1) is 24.0. The SMILES string of the molecule is CC(=O)c1c(C)[nH]c(-c2nc3ccc(N4CCN(C)CC4)cc3[nH]2)c1-c1ccc(Oc2ccccc2)cc1. The summed E-state index contributed by atoms with van der Waals surface area (Å²) in [4.78, 5) is 29.4. The van der Waals surface area contributed by atoms with Crippen LogP contribution >= 0.6 is 0 Å². The Morgan fingerprint density at radius 2 is 1.61 bits per heavy atom. The Labute approximate surface area is 222 Å². The van der Waals surface area contributed by atoms with Gasteiger partial charge in [0.05, 0.1) is 16.7 Å². The number of aromatic amines is 2. The molecule has 1 saturated heterocycles. The summed E-state index contributed by atoms with van der Waals surface area (Å²) in [6.45, 7) is 7.67. The summed E-state index contributed by atoms with van der Waals surface area (Å²) in [5.41, 5.74) is 7.15. The number of fused-ring (bicyclic) bond motifs is 1. The van der Waals surface area contributed by atoms with Crippen LogP contribution in [0.25, 0.3) is 33.7 Å². The molecule has 1 aliphatic heterocycles. The number of ether oxygens (including phenoxy) is 1. The fraction of sp³-hybridized carbons (Fsp3) is 0.226. The number of nitrogens with zero attached hydrogens (tertiary/aromatic N) is 3. The number of aryl methyl sites for hydroxylation is 1. The van der Waals surface area contributed by atoms with Gasteiger partial charge in [-0.3, -0.25) is 4.79 Å². The number of H-pyrrole nitrogens is 2. The average Bonchev–Trinajstić information content (AvgIpc) is 3.50. The van der Waals surface area contributed by atoms with Crippen LogP contribution in [0, 0.1) is 6.92 Å². The number of hydrogen-bond donors (Lipinski definition) is 2. The van der Waals surface area contributed by atoms with E-state index in [1.807, 2.05) is 61.5 Å². The van der Waals surface area contributed by atoms with Gasteiger partial charge in [0.15, 0.2) is 11.6 Å². The molecule has 0 spiro atoms. The van der Waals surface area contributed by atoms with E-state index in [4.69, 9.17) is 9.72 Å². The minimum atomic E-state index is 0.0121. The lowest BCUT2D eigenvalue weighted by atomic mass is 9.97. The number of nitrogens with one attached hydrogen (secondary N) is 2. The van der Waals surface area contributed by atoms with Crippen LogP contribution in [0.1, 0.15) is 23.0 Å². The summed E-state index contributed by atoms with van der Waals surface area (Å²) in [7, 11) is 2.16. The Balaban J connectivity index is 1.37. The Bertz CT molecular complexity index is 1590. The van der Waals surface area contributed by atoms with Crippen LogP contribution in [0.5, 0.6) is 11.5 Å². The van der Waals surface area contributed by atoms with Crippen LogP contribution in [0.4, 0.5) is 5.69 Å². The Morgan fingerprint density at radius 1 is 0.895 bits per heavy atom. The number of hydrogen-bond acceptors (Lipinski definition) is 5. The second-order valence-corrected chi connectivity index (χ2v) is 9.95. The minimum Gasteiger partial charge on any atom is -0.457 e. The van der Waals surface area contributed by atoms with E-state index in [1.54, 1.807) is 6.92 Å². The van der Waals surface area contributed by atoms with Gasteiger partial charge in [0.1, 0.15) is 11.5 Å². The highest BCUT2D eigenvalue weighted by molar-refractivity contribution is 6.05. The second-order valence-electron chi connectivity index (χ2n) is 9.95. The molecule has 2 N–H and O–H groups in total. The minimum absolute atomic E-state index is 0.0121. The molecule has 7 nitrogen and oxygen atoms in total. The van der Waals surface area contributed by atoms with Gasteiger partial charge >= 0.3 is 0 Å². The lowest BCUT2D eigenvalue weighted by Gasteiger charge is -2.34. The first-order chi connectivity index (χ1) is 18.5. The Kier molecular flexibility index (Phi) is 6.21. The van der Waals surface area contributed by atoms with E-state index in [1.165, 1.54) is 5.69 Å². The fourth-order valence-corrected chi connectivity index (χ4v) is 5.22. The van der Waals surface area contributed by atoms with Crippen molar-refractivity contribution in [1.29, 1.82) is 0 Å². The van der Waals surface area contributed by atoms with E-state index in [2.05, 4.69) is 45.0 Å². The third-order valence-corrected chi connectivity index (χ3v) is 7.23. The molecular formula is C31H31N5O2. The molecule has 0 amide bonds. The number of likely N-dealkylation sites (N-methyl/N-ethyl adjacent to an activating group) is 1. The number of benzene rings is 3. The number of anilines is 1. The molecule has 0 aliphatic carbocycles. The van der Waals surface area contributed by atoms with E-state index >= 15 is 0 Å². The molecule has 7 heteroatoms. The van der Waals surface area contributed by atoms with E-state index in [0.717, 1.165) is 71.2 Å². The van der Waals surface area contributed by atoms with Crippen molar-refractivity contribution in [2.24, 2.45) is 0 Å². The van der Waals surface area contributed by atoms with Gasteiger partial charge in [0.2, 0.25) is 0 Å². The number of ketones is 1. The lowest BCUT2D eigenvalue weighted by molar-refractivity contribution is 0.101. The summed E-state index contributed by atoms with van der Waals surface area (Å²) in [6.07, 6.45) is 0. The summed E-state index contributed by atoms with van der Waals surface area (Å²) >= 11 is 0. The third kappa shape index (κ3) is 4.57. The van der Waals surface area contributed by atoms with Crippen molar-refractivity contribution in [1.82, 2.24) is 19.9 Å². The van der Waals surface area contributed by atoms with Gasteiger partial charge in [-0.25, -0.2) is 4.98 Å². The van der Waals surface area contributed by atoms with Gasteiger partial charge in [-0.1, -0.05) is 30.3 Å². The molecule has 6 rings (SSSR count). The van der Waals surface area contributed by atoms with Crippen LogP contribution in [-0.2, 0) is 0 Å². The molecule has 1 fully saturated rings. The number of aromatic nitrogens is 3. The highest BCUT2D eigenvalue weighted by atomic mass is 16.5. The molecule has 0 saturated carbocycles. The smallest absolute Gasteiger partial charge is 0.162 e. The van der Waals surface area contributed by atoms with Crippen molar-refractivity contribution in [3.8, 4) is 34.1 Å². The van der Waals surface area contributed by atoms with Crippen molar-refractivity contribution < 1.29 is 9.53 Å². The Morgan fingerprint density at radius 3 is 2.32 bits per heavy atom. The zero-order valence-corrected chi connectivity index (χ0v) is 21.9. The van der Waals surface area contributed by atoms with Gasteiger partial charge < -0.3 is 24.5 Å². The topological polar surface area (TPSA) is 77.3 Å². The van der Waals surface area contributed by atoms with Crippen LogP contribution < -0.4 is 9.64 Å². The summed E-state index contributed by atoms with van der Waals surface area (Å²) in [6, 6.07) is 23.9. The van der Waals surface area contributed by atoms with Crippen molar-refractivity contribution >= 4 is 22.5 Å². The number of Topliss-reactive ketones (excluding diaryl/α,β-unsaturated/α-hetero) is 1. The summed E-state index contributed by atoms with van der Waals surface area (Å²) in [5.74, 6) is 2.24. The molecule has 0 atom stereocenters. The highest BCUT2D eigenvalue weighted by Gasteiger charge is 2.23. The van der Waals surface area contributed by atoms with Crippen LogP contribution in [0.15, 0.2) is 72.8 Å². The number of rotatable bonds is 6. The molecule has 1 aliphatic rings. The largest absolute Gasteiger partial charge is 0.457 e. The maximum Gasteiger partial charge on any atom is 0.162 e. The Hall–Kier alpha value is -4.36. The van der Waals surface area contributed by atoms with Crippen molar-refractivity contribution in [2.75, 3.05) is 38.1 Å². The first-order valence-corrected chi connectivity index (χ1v) is 13.0. The monoisotopic (exact) mass is 505 g/mol. The number of para-hydroxylation sites is 1. The van der Waals surface area contributed by atoms with Crippen LogP contribution in [0.3, 0.4) is 0 Å². The first-order valence-electron chi connectivity index (χ1n) is 13.0. The number of imidazole rings is 1. The van der Waals surface area contributed by atoms with Gasteiger partial charge in [-0.2, -0.15) is 0 Å². The van der Waals surface area contributed by atoms with E-state index in [0.29, 0.717) is 11.4 Å². The predicted octanol–water partition coefficient (Wildman–Crippen LogP) is 6.28. The standard InChI is InChI=1S/C31H31N5O2/c1-20-28(21(2)37)29(22-9-12-25(13-10-22)38-24-7-5-4-6-8-24)30(32-20)31-33-26-14-11-23(19-27(26)34-31)36-17-15-35(3)16-18-36/h4-14,19,32H,15-18H2,1-3H3,(H,33,34). The molecule has 0 unspecified atom stereocenters. The van der Waals surface area contributed by atoms with Gasteiger partial charge in [0, 0.05) is 48.7 Å². The third-order valence-electron chi connectivity index (χ3n) is 7.23. The van der Waals surface area contributed by atoms with Gasteiger partial charge in [-0.05, 0) is 68.9 Å². The maximum absolute atomic E-state index is 12.7. The molecule has 5 aromatic rings. The molecule has 3 aromatic carbocycles. The lowest BCUT2D eigenvalue weighted by Crippen LogP contribution is -2.44. The number of carbonyl (C=O) groups is 1. The van der Waals surface area contributed by atoms with Crippen LogP contribution in [-0.4, -0.2) is 58.9 Å². The average molecular weight is 506 g/mol. The number of carbonyl (C=O) groups excluding carboxylic acids is 1. The quantitative estimate of drug-likeness (QED) is 0.266. The van der Waals surface area contributed by atoms with E-state index in [9.17, 15) is 4.79 Å². The molecule has 38 heavy (non-hydrogen) atoms. The van der Waals surface area contributed by atoms with E-state index < -0.39 is 0 Å². The fourth-order valence-electron chi connectivity index (χ4n) is 5.22. The molecule has 192 valence electrons. The maximum atomic E-state index is 12.7. The van der Waals surface area contributed by atoms with Crippen LogP contribution in [0.2, 0.25) is 0 Å². The zero-order chi connectivity index (χ0) is 26.2. The van der Waals surface area contributed by atoms with Crippen molar-refractivity contribution in [3.05, 3.63) is 84.1 Å². The predicted molar refractivity (Wildman–Crippen MR) is 152 cm³/mol. The van der Waals surface area contributed by atoms with Crippen molar-refractivity contribution in [3.63, 3.8) is 0 Å². The molecular weight excluding hydrogens is 474 g/mol. The molecule has 2 aromatic heterocycles. The molecule has 0 bridgehead atoms. The highest BCUT2D eigenvalue weighted by Crippen LogP contribution is 2.38. The summed E-state index contributed by atoms with van der Waals surface area (Å²) in [5, 5.41) is 0. The number of piperazine rings is 1. The second kappa shape index (κ2) is 9.84. The van der Waals surface area contributed by atoms with E-state index in [-0.39, 0.29) is 5.78 Å². The molecule has 3 heterocycles. The molecule has 0 radical (unpaired) electrons. The summed E-state index contributed by atoms with van der Waals surface area (Å²) < 4.78 is 5.97. The normalized spacial score (nSPS) is 14.2. The van der Waals surface area contributed by atoms with Crippen molar-refractivity contribution in [2.45, 2.75) is 13.8 Å². The van der Waals surface area contributed by atoms with Gasteiger partial charge in [0.25, 0.3) is 0 Å². The van der Waals surface area contributed by atoms with Gasteiger partial charge in [-0.15, -0.1) is 0 Å². The zero-order valence-electron chi connectivity index (χ0n) is 21.9.